The van der Waals surface area contributed by atoms with E-state index in [9.17, 15) is 4.79 Å². The molecule has 0 spiro atoms. The second kappa shape index (κ2) is 8.83. The van der Waals surface area contributed by atoms with Crippen molar-refractivity contribution < 1.29 is 9.53 Å². The standard InChI is InChI=1S/C19H21BrN2O2S/c1-22(13-15-6-4-5-11-24-15)19(23)16-7-2-3-8-17(16)25-18-10-9-14(20)12-21-18/h2-3,7-10,12,15H,4-6,11,13H2,1H3. The first-order chi connectivity index (χ1) is 12.1. The van der Waals surface area contributed by atoms with Crippen LogP contribution in [-0.2, 0) is 4.74 Å². The minimum atomic E-state index is 0.0226. The zero-order chi connectivity index (χ0) is 17.6. The van der Waals surface area contributed by atoms with E-state index in [1.807, 2.05) is 43.4 Å². The number of benzene rings is 1. The first-order valence-corrected chi connectivity index (χ1v) is 10.00. The smallest absolute Gasteiger partial charge is 0.254 e. The molecule has 25 heavy (non-hydrogen) atoms. The van der Waals surface area contributed by atoms with Crippen molar-refractivity contribution in [2.75, 3.05) is 20.2 Å². The number of ether oxygens (including phenoxy) is 1. The van der Waals surface area contributed by atoms with Gasteiger partial charge in [0.1, 0.15) is 5.03 Å². The van der Waals surface area contributed by atoms with Gasteiger partial charge in [0, 0.05) is 35.8 Å². The van der Waals surface area contributed by atoms with Gasteiger partial charge in [-0.2, -0.15) is 0 Å². The van der Waals surface area contributed by atoms with Gasteiger partial charge < -0.3 is 9.64 Å². The van der Waals surface area contributed by atoms with Gasteiger partial charge in [-0.15, -0.1) is 0 Å². The molecule has 4 nitrogen and oxygen atoms in total. The number of carbonyl (C=O) groups is 1. The maximum absolute atomic E-state index is 12.9. The highest BCUT2D eigenvalue weighted by molar-refractivity contribution is 9.10. The number of hydrogen-bond donors (Lipinski definition) is 0. The number of likely N-dealkylation sites (N-methyl/N-ethyl adjacent to an activating group) is 1. The Morgan fingerprint density at radius 1 is 1.32 bits per heavy atom. The van der Waals surface area contributed by atoms with Gasteiger partial charge in [0.15, 0.2) is 0 Å². The molecule has 1 saturated heterocycles. The Hall–Kier alpha value is -1.37. The minimum absolute atomic E-state index is 0.0226. The number of nitrogens with zero attached hydrogens (tertiary/aromatic N) is 2. The zero-order valence-corrected chi connectivity index (χ0v) is 16.6. The first-order valence-electron chi connectivity index (χ1n) is 8.39. The van der Waals surface area contributed by atoms with E-state index in [0.717, 1.165) is 33.8 Å². The van der Waals surface area contributed by atoms with E-state index in [1.54, 1.807) is 11.1 Å². The molecule has 1 aliphatic heterocycles. The molecular weight excluding hydrogens is 400 g/mol. The number of halogens is 1. The summed E-state index contributed by atoms with van der Waals surface area (Å²) in [6.45, 7) is 1.43. The van der Waals surface area contributed by atoms with Crippen LogP contribution in [0.15, 0.2) is 57.0 Å². The van der Waals surface area contributed by atoms with Crippen molar-refractivity contribution in [1.29, 1.82) is 0 Å². The number of pyridine rings is 1. The zero-order valence-electron chi connectivity index (χ0n) is 14.2. The molecule has 1 amide bonds. The largest absolute Gasteiger partial charge is 0.376 e. The molecule has 2 aromatic rings. The Morgan fingerprint density at radius 3 is 2.88 bits per heavy atom. The number of aromatic nitrogens is 1. The molecule has 1 fully saturated rings. The lowest BCUT2D eigenvalue weighted by atomic mass is 10.1. The van der Waals surface area contributed by atoms with Crippen LogP contribution >= 0.6 is 27.7 Å². The Bertz CT molecular complexity index is 718. The molecule has 132 valence electrons. The molecule has 0 radical (unpaired) electrons. The minimum Gasteiger partial charge on any atom is -0.376 e. The molecule has 0 saturated carbocycles. The monoisotopic (exact) mass is 420 g/mol. The molecular formula is C19H21BrN2O2S. The molecule has 1 unspecified atom stereocenters. The third-order valence-corrected chi connectivity index (χ3v) is 5.63. The Balaban J connectivity index is 1.72. The van der Waals surface area contributed by atoms with E-state index < -0.39 is 0 Å². The highest BCUT2D eigenvalue weighted by Gasteiger charge is 2.21. The third kappa shape index (κ3) is 5.06. The van der Waals surface area contributed by atoms with Crippen LogP contribution in [0.5, 0.6) is 0 Å². The lowest BCUT2D eigenvalue weighted by Gasteiger charge is -2.27. The molecule has 3 rings (SSSR count). The predicted molar refractivity (Wildman–Crippen MR) is 103 cm³/mol. The Kier molecular flexibility index (Phi) is 6.51. The molecule has 1 aliphatic rings. The van der Waals surface area contributed by atoms with Crippen molar-refractivity contribution in [3.8, 4) is 0 Å². The average Bonchev–Trinajstić information content (AvgIpc) is 2.64. The lowest BCUT2D eigenvalue weighted by Crippen LogP contribution is -2.37. The van der Waals surface area contributed by atoms with Crippen molar-refractivity contribution >= 4 is 33.6 Å². The summed E-state index contributed by atoms with van der Waals surface area (Å²) in [6, 6.07) is 11.6. The summed E-state index contributed by atoms with van der Waals surface area (Å²) >= 11 is 4.89. The van der Waals surface area contributed by atoms with Crippen molar-refractivity contribution in [3.05, 3.63) is 52.6 Å². The molecule has 6 heteroatoms. The van der Waals surface area contributed by atoms with Gasteiger partial charge in [0.05, 0.1) is 11.7 Å². The van der Waals surface area contributed by atoms with Gasteiger partial charge in [0.25, 0.3) is 5.91 Å². The first kappa shape index (κ1) is 18.4. The molecule has 1 aromatic heterocycles. The Morgan fingerprint density at radius 2 is 2.16 bits per heavy atom. The van der Waals surface area contributed by atoms with Crippen molar-refractivity contribution in [3.63, 3.8) is 0 Å². The van der Waals surface area contributed by atoms with E-state index >= 15 is 0 Å². The summed E-state index contributed by atoms with van der Waals surface area (Å²) in [5.41, 5.74) is 0.704. The summed E-state index contributed by atoms with van der Waals surface area (Å²) in [7, 11) is 1.85. The third-order valence-electron chi connectivity index (χ3n) is 4.13. The van der Waals surface area contributed by atoms with Crippen LogP contribution < -0.4 is 0 Å². The van der Waals surface area contributed by atoms with Crippen molar-refractivity contribution in [2.24, 2.45) is 0 Å². The van der Waals surface area contributed by atoms with Gasteiger partial charge in [-0.25, -0.2) is 4.98 Å². The second-order valence-electron chi connectivity index (χ2n) is 6.09. The topological polar surface area (TPSA) is 42.4 Å². The molecule has 0 aliphatic carbocycles. The summed E-state index contributed by atoms with van der Waals surface area (Å²) in [6.07, 6.45) is 5.23. The van der Waals surface area contributed by atoms with Crippen LogP contribution in [0.3, 0.4) is 0 Å². The number of amides is 1. The van der Waals surface area contributed by atoms with Crippen molar-refractivity contribution in [2.45, 2.75) is 35.3 Å². The number of rotatable bonds is 5. The molecule has 2 heterocycles. The molecule has 1 atom stereocenters. The predicted octanol–water partition coefficient (Wildman–Crippen LogP) is 4.64. The Labute approximate surface area is 161 Å². The number of hydrogen-bond acceptors (Lipinski definition) is 4. The van der Waals surface area contributed by atoms with Gasteiger partial charge in [-0.3, -0.25) is 4.79 Å². The van der Waals surface area contributed by atoms with Gasteiger partial charge in [-0.1, -0.05) is 23.9 Å². The highest BCUT2D eigenvalue weighted by Crippen LogP contribution is 2.30. The van der Waals surface area contributed by atoms with Crippen LogP contribution in [0.2, 0.25) is 0 Å². The van der Waals surface area contributed by atoms with Gasteiger partial charge >= 0.3 is 0 Å². The fourth-order valence-electron chi connectivity index (χ4n) is 2.81. The molecule has 0 N–H and O–H groups in total. The van der Waals surface area contributed by atoms with Gasteiger partial charge in [0.2, 0.25) is 0 Å². The number of carbonyl (C=O) groups excluding carboxylic acids is 1. The van der Waals surface area contributed by atoms with E-state index in [-0.39, 0.29) is 12.0 Å². The second-order valence-corrected chi connectivity index (χ2v) is 8.07. The maximum atomic E-state index is 12.9. The van der Waals surface area contributed by atoms with E-state index in [1.165, 1.54) is 18.2 Å². The van der Waals surface area contributed by atoms with Crippen LogP contribution in [0.25, 0.3) is 0 Å². The fourth-order valence-corrected chi connectivity index (χ4v) is 3.93. The average molecular weight is 421 g/mol. The summed E-state index contributed by atoms with van der Waals surface area (Å²) < 4.78 is 6.70. The SMILES string of the molecule is CN(CC1CCCCO1)C(=O)c1ccccc1Sc1ccc(Br)cn1. The van der Waals surface area contributed by atoms with Gasteiger partial charge in [-0.05, 0) is 59.5 Å². The highest BCUT2D eigenvalue weighted by atomic mass is 79.9. The van der Waals surface area contributed by atoms with E-state index in [2.05, 4.69) is 20.9 Å². The van der Waals surface area contributed by atoms with E-state index in [4.69, 9.17) is 4.74 Å². The summed E-state index contributed by atoms with van der Waals surface area (Å²) in [5, 5.41) is 0.863. The quantitative estimate of drug-likeness (QED) is 0.706. The maximum Gasteiger partial charge on any atom is 0.254 e. The summed E-state index contributed by atoms with van der Waals surface area (Å²) in [4.78, 5) is 20.0. The van der Waals surface area contributed by atoms with Crippen LogP contribution in [0.1, 0.15) is 29.6 Å². The van der Waals surface area contributed by atoms with E-state index in [0.29, 0.717) is 12.1 Å². The normalized spacial score (nSPS) is 17.3. The molecule has 1 aromatic carbocycles. The van der Waals surface area contributed by atoms with Crippen molar-refractivity contribution in [1.82, 2.24) is 9.88 Å². The van der Waals surface area contributed by atoms with Crippen LogP contribution in [-0.4, -0.2) is 42.1 Å². The molecule has 0 bridgehead atoms. The lowest BCUT2D eigenvalue weighted by molar-refractivity contribution is -0.000248. The van der Waals surface area contributed by atoms with Crippen LogP contribution in [0, 0.1) is 0 Å². The fraction of sp³-hybridized carbons (Fsp3) is 0.368. The van der Waals surface area contributed by atoms with Crippen LogP contribution in [0.4, 0.5) is 0 Å². The summed E-state index contributed by atoms with van der Waals surface area (Å²) in [5.74, 6) is 0.0226.